The van der Waals surface area contributed by atoms with Crippen molar-refractivity contribution in [1.29, 1.82) is 0 Å². The summed E-state index contributed by atoms with van der Waals surface area (Å²) in [5, 5.41) is 0. The first kappa shape index (κ1) is 27.0. The number of allylic oxidation sites excluding steroid dienone is 1. The van der Waals surface area contributed by atoms with Gasteiger partial charge in [0.1, 0.15) is 17.3 Å². The number of rotatable bonds is 14. The van der Waals surface area contributed by atoms with E-state index in [1.807, 2.05) is 74.5 Å². The number of benzene rings is 2. The topological polar surface area (TPSA) is 80.0 Å². The van der Waals surface area contributed by atoms with E-state index >= 15 is 0 Å². The van der Waals surface area contributed by atoms with E-state index in [-0.39, 0.29) is 5.97 Å². The molecular formula is C29H35NO6. The number of nitrogens with zero attached hydrogens (tertiary/aromatic N) is 1. The molecule has 1 atom stereocenters. The normalized spacial score (nSPS) is 12.0. The Bertz CT molecular complexity index is 1120. The van der Waals surface area contributed by atoms with Crippen molar-refractivity contribution in [1.82, 2.24) is 4.98 Å². The quantitative estimate of drug-likeness (QED) is 0.253. The summed E-state index contributed by atoms with van der Waals surface area (Å²) in [6, 6.07) is 15.5. The molecular weight excluding hydrogens is 458 g/mol. The van der Waals surface area contributed by atoms with Crippen LogP contribution in [0.3, 0.4) is 0 Å². The summed E-state index contributed by atoms with van der Waals surface area (Å²) in [6.07, 6.45) is 5.22. The van der Waals surface area contributed by atoms with Gasteiger partial charge in [-0.1, -0.05) is 30.4 Å². The van der Waals surface area contributed by atoms with E-state index in [0.29, 0.717) is 45.0 Å². The van der Waals surface area contributed by atoms with Gasteiger partial charge >= 0.3 is 5.97 Å². The molecule has 2 aromatic carbocycles. The highest BCUT2D eigenvalue weighted by molar-refractivity contribution is 5.74. The van der Waals surface area contributed by atoms with E-state index in [2.05, 4.69) is 4.98 Å². The Hall–Kier alpha value is -3.58. The summed E-state index contributed by atoms with van der Waals surface area (Å²) < 4.78 is 28.0. The second-order valence-electron chi connectivity index (χ2n) is 8.07. The van der Waals surface area contributed by atoms with Crippen LogP contribution >= 0.6 is 0 Å². The van der Waals surface area contributed by atoms with Gasteiger partial charge in [0.2, 0.25) is 5.89 Å². The van der Waals surface area contributed by atoms with Gasteiger partial charge in [0.15, 0.2) is 6.10 Å². The Morgan fingerprint density at radius 1 is 1.11 bits per heavy atom. The summed E-state index contributed by atoms with van der Waals surface area (Å²) in [5.74, 6) is 2.56. The van der Waals surface area contributed by atoms with Crippen molar-refractivity contribution >= 4 is 12.0 Å². The molecule has 1 aromatic heterocycles. The minimum Gasteiger partial charge on any atom is -0.497 e. The molecule has 0 spiro atoms. The second-order valence-corrected chi connectivity index (χ2v) is 8.07. The molecule has 0 aliphatic carbocycles. The molecule has 3 aromatic rings. The lowest BCUT2D eigenvalue weighted by molar-refractivity contribution is -0.156. The van der Waals surface area contributed by atoms with Gasteiger partial charge in [-0.2, -0.15) is 0 Å². The highest BCUT2D eigenvalue weighted by Crippen LogP contribution is 2.27. The van der Waals surface area contributed by atoms with Crippen molar-refractivity contribution < 1.29 is 28.2 Å². The SMILES string of the molecule is CCOC(=O)C(CC/C=C/c1cc(OC)ccc1OCCc1nc(-c2ccccc2)oc1C)OCC. The monoisotopic (exact) mass is 493 g/mol. The van der Waals surface area contributed by atoms with E-state index in [4.69, 9.17) is 23.4 Å². The molecule has 0 bridgehead atoms. The second kappa shape index (κ2) is 14.1. The summed E-state index contributed by atoms with van der Waals surface area (Å²) in [6.45, 7) is 6.82. The molecule has 7 heteroatoms. The molecule has 0 saturated carbocycles. The molecule has 7 nitrogen and oxygen atoms in total. The summed E-state index contributed by atoms with van der Waals surface area (Å²) in [5.41, 5.74) is 2.71. The lowest BCUT2D eigenvalue weighted by Crippen LogP contribution is -2.26. The van der Waals surface area contributed by atoms with E-state index in [1.165, 1.54) is 0 Å². The summed E-state index contributed by atoms with van der Waals surface area (Å²) >= 11 is 0. The zero-order chi connectivity index (χ0) is 25.8. The zero-order valence-corrected chi connectivity index (χ0v) is 21.5. The number of hydrogen-bond acceptors (Lipinski definition) is 7. The number of aryl methyl sites for hydroxylation is 1. The van der Waals surface area contributed by atoms with Crippen LogP contribution < -0.4 is 9.47 Å². The number of ether oxygens (including phenoxy) is 4. The average molecular weight is 494 g/mol. The first-order valence-corrected chi connectivity index (χ1v) is 12.3. The first-order chi connectivity index (χ1) is 17.5. The Balaban J connectivity index is 1.62. The number of methoxy groups -OCH3 is 1. The van der Waals surface area contributed by atoms with Crippen molar-refractivity contribution in [2.45, 2.75) is 46.1 Å². The van der Waals surface area contributed by atoms with Gasteiger partial charge in [0.25, 0.3) is 0 Å². The highest BCUT2D eigenvalue weighted by Gasteiger charge is 2.19. The fourth-order valence-corrected chi connectivity index (χ4v) is 3.70. The van der Waals surface area contributed by atoms with Crippen LogP contribution in [0.4, 0.5) is 0 Å². The van der Waals surface area contributed by atoms with Crippen LogP contribution in [0, 0.1) is 6.92 Å². The van der Waals surface area contributed by atoms with Crippen LogP contribution in [0.1, 0.15) is 43.7 Å². The fourth-order valence-electron chi connectivity index (χ4n) is 3.70. The maximum absolute atomic E-state index is 12.1. The van der Waals surface area contributed by atoms with Crippen molar-refractivity contribution in [2.75, 3.05) is 26.9 Å². The van der Waals surface area contributed by atoms with Gasteiger partial charge in [0, 0.05) is 24.2 Å². The summed E-state index contributed by atoms with van der Waals surface area (Å²) in [4.78, 5) is 16.7. The van der Waals surface area contributed by atoms with Crippen molar-refractivity contribution in [3.63, 3.8) is 0 Å². The van der Waals surface area contributed by atoms with Crippen LogP contribution in [0.25, 0.3) is 17.5 Å². The van der Waals surface area contributed by atoms with E-state index in [9.17, 15) is 4.79 Å². The predicted molar refractivity (Wildman–Crippen MR) is 139 cm³/mol. The van der Waals surface area contributed by atoms with Crippen LogP contribution in [0.2, 0.25) is 0 Å². The highest BCUT2D eigenvalue weighted by atomic mass is 16.6. The van der Waals surface area contributed by atoms with Crippen molar-refractivity contribution in [3.05, 3.63) is 71.6 Å². The Labute approximate surface area is 213 Å². The smallest absolute Gasteiger partial charge is 0.335 e. The zero-order valence-electron chi connectivity index (χ0n) is 21.5. The molecule has 3 rings (SSSR count). The Morgan fingerprint density at radius 3 is 2.64 bits per heavy atom. The predicted octanol–water partition coefficient (Wildman–Crippen LogP) is 6.04. The number of esters is 1. The van der Waals surface area contributed by atoms with E-state index < -0.39 is 6.10 Å². The summed E-state index contributed by atoms with van der Waals surface area (Å²) in [7, 11) is 1.63. The maximum Gasteiger partial charge on any atom is 0.335 e. The third kappa shape index (κ3) is 7.71. The largest absolute Gasteiger partial charge is 0.497 e. The van der Waals surface area contributed by atoms with Crippen molar-refractivity contribution in [2.24, 2.45) is 0 Å². The van der Waals surface area contributed by atoms with Crippen LogP contribution in [-0.2, 0) is 20.7 Å². The average Bonchev–Trinajstić information content (AvgIpc) is 3.27. The number of hydrogen-bond donors (Lipinski definition) is 0. The Kier molecular flexibility index (Phi) is 10.6. The molecule has 0 aliphatic heterocycles. The van der Waals surface area contributed by atoms with E-state index in [0.717, 1.165) is 34.1 Å². The minimum atomic E-state index is -0.563. The maximum atomic E-state index is 12.1. The van der Waals surface area contributed by atoms with Crippen LogP contribution in [-0.4, -0.2) is 44.0 Å². The molecule has 1 unspecified atom stereocenters. The third-order valence-corrected chi connectivity index (χ3v) is 5.54. The lowest BCUT2D eigenvalue weighted by Gasteiger charge is -2.14. The molecule has 0 amide bonds. The molecule has 0 N–H and O–H groups in total. The molecule has 0 saturated heterocycles. The number of oxazole rings is 1. The van der Waals surface area contributed by atoms with E-state index in [1.54, 1.807) is 14.0 Å². The molecule has 0 fully saturated rings. The Morgan fingerprint density at radius 2 is 1.92 bits per heavy atom. The first-order valence-electron chi connectivity index (χ1n) is 12.3. The number of aromatic nitrogens is 1. The number of carbonyl (C=O) groups excluding carboxylic acids is 1. The molecule has 36 heavy (non-hydrogen) atoms. The van der Waals surface area contributed by atoms with Gasteiger partial charge in [-0.25, -0.2) is 9.78 Å². The molecule has 192 valence electrons. The third-order valence-electron chi connectivity index (χ3n) is 5.54. The van der Waals surface area contributed by atoms with Gasteiger partial charge < -0.3 is 23.4 Å². The standard InChI is InChI=1S/C29H35NO6/c1-5-33-27(29(31)34-6-2)15-11-10-14-23-20-24(32-4)16-17-26(23)35-19-18-25-21(3)36-28(30-25)22-12-8-7-9-13-22/h7-10,12-14,16-17,20,27H,5-6,11,15,18-19H2,1-4H3/b14-10+. The van der Waals surface area contributed by atoms with Gasteiger partial charge in [-0.15, -0.1) is 0 Å². The van der Waals surface area contributed by atoms with Gasteiger partial charge in [-0.3, -0.25) is 0 Å². The molecule has 0 aliphatic rings. The fraction of sp³-hybridized carbons (Fsp3) is 0.379. The molecule has 1 heterocycles. The van der Waals surface area contributed by atoms with Crippen LogP contribution in [0.15, 0.2) is 59.0 Å². The minimum absolute atomic E-state index is 0.322. The molecule has 0 radical (unpaired) electrons. The van der Waals surface area contributed by atoms with Crippen molar-refractivity contribution in [3.8, 4) is 23.0 Å². The van der Waals surface area contributed by atoms with Gasteiger partial charge in [0.05, 0.1) is 26.0 Å². The van der Waals surface area contributed by atoms with Gasteiger partial charge in [-0.05, 0) is 63.9 Å². The van der Waals surface area contributed by atoms with Crippen LogP contribution in [0.5, 0.6) is 11.5 Å². The number of carbonyl (C=O) groups is 1. The lowest BCUT2D eigenvalue weighted by atomic mass is 10.1.